The van der Waals surface area contributed by atoms with Crippen molar-refractivity contribution in [2.45, 2.75) is 19.9 Å². The Balaban J connectivity index is 2.00. The molecule has 0 bridgehead atoms. The van der Waals surface area contributed by atoms with Gasteiger partial charge in [-0.05, 0) is 66.9 Å². The molecule has 0 aliphatic carbocycles. The fourth-order valence-electron chi connectivity index (χ4n) is 4.14. The van der Waals surface area contributed by atoms with Gasteiger partial charge < -0.3 is 14.6 Å². The molecule has 1 N–H and O–H groups in total. The van der Waals surface area contributed by atoms with Crippen LogP contribution >= 0.6 is 11.6 Å². The van der Waals surface area contributed by atoms with Crippen LogP contribution in [0.1, 0.15) is 28.3 Å². The molecule has 1 amide bonds. The maximum absolute atomic E-state index is 13.4. The van der Waals surface area contributed by atoms with Crippen LogP contribution in [-0.2, 0) is 9.59 Å². The lowest BCUT2D eigenvalue weighted by Gasteiger charge is -2.27. The lowest BCUT2D eigenvalue weighted by atomic mass is 9.94. The van der Waals surface area contributed by atoms with E-state index in [1.165, 1.54) is 18.1 Å². The number of Topliss-reactive ketones (excluding diaryl/α,β-unsaturated/α-hetero) is 1. The summed E-state index contributed by atoms with van der Waals surface area (Å²) in [6.45, 7) is 3.84. The predicted molar refractivity (Wildman–Crippen MR) is 132 cm³/mol. The second-order valence-corrected chi connectivity index (χ2v) is 8.41. The highest BCUT2D eigenvalue weighted by atomic mass is 35.5. The van der Waals surface area contributed by atoms with E-state index >= 15 is 0 Å². The Morgan fingerprint density at radius 3 is 2.24 bits per heavy atom. The topological polar surface area (TPSA) is 76.1 Å². The summed E-state index contributed by atoms with van der Waals surface area (Å²) in [6.07, 6.45) is 0. The van der Waals surface area contributed by atoms with Gasteiger partial charge in [0, 0.05) is 11.3 Å². The summed E-state index contributed by atoms with van der Waals surface area (Å²) in [4.78, 5) is 28.2. The minimum Gasteiger partial charge on any atom is -0.507 e. The third-order valence-electron chi connectivity index (χ3n) is 6.14. The number of carbonyl (C=O) groups excluding carboxylic acids is 2. The average Bonchev–Trinajstić information content (AvgIpc) is 3.11. The van der Waals surface area contributed by atoms with E-state index in [1.54, 1.807) is 49.6 Å². The highest BCUT2D eigenvalue weighted by Gasteiger charge is 2.47. The number of hydrogen-bond acceptors (Lipinski definition) is 5. The maximum Gasteiger partial charge on any atom is 0.300 e. The molecule has 1 aliphatic heterocycles. The predicted octanol–water partition coefficient (Wildman–Crippen LogP) is 5.60. The van der Waals surface area contributed by atoms with Crippen molar-refractivity contribution in [2.75, 3.05) is 19.1 Å². The Bertz CT molecular complexity index is 1310. The van der Waals surface area contributed by atoms with Crippen molar-refractivity contribution < 1.29 is 24.2 Å². The maximum atomic E-state index is 13.4. The van der Waals surface area contributed by atoms with E-state index in [1.807, 2.05) is 26.0 Å². The van der Waals surface area contributed by atoms with Crippen LogP contribution in [0, 0.1) is 13.8 Å². The number of aryl methyl sites for hydroxylation is 1. The number of nitrogens with zero attached hydrogens (tertiary/aromatic N) is 1. The van der Waals surface area contributed by atoms with Gasteiger partial charge in [0.25, 0.3) is 11.7 Å². The molecule has 1 atom stereocenters. The van der Waals surface area contributed by atoms with Crippen LogP contribution in [0.2, 0.25) is 5.02 Å². The Morgan fingerprint density at radius 2 is 1.59 bits per heavy atom. The first-order valence-electron chi connectivity index (χ1n) is 10.6. The van der Waals surface area contributed by atoms with E-state index in [-0.39, 0.29) is 21.9 Å². The highest BCUT2D eigenvalue weighted by Crippen LogP contribution is 2.44. The molecule has 7 heteroatoms. The standard InChI is InChI=1S/C27H24ClNO5/c1-15-6-5-7-22(16(15)2)29-24(17-8-10-18(33-3)11-9-17)23(26(31)27(29)32)25(30)20-14-19(34-4)12-13-21(20)28/h5-14,24,30H,1-4H3/b25-23+. The summed E-state index contributed by atoms with van der Waals surface area (Å²) >= 11 is 6.37. The summed E-state index contributed by atoms with van der Waals surface area (Å²) in [5, 5.41) is 11.6. The number of hydrogen-bond donors (Lipinski definition) is 1. The number of aliphatic hydroxyl groups is 1. The second-order valence-electron chi connectivity index (χ2n) is 8.01. The van der Waals surface area contributed by atoms with Gasteiger partial charge in [0.05, 0.1) is 30.9 Å². The van der Waals surface area contributed by atoms with Crippen LogP contribution in [0.25, 0.3) is 5.76 Å². The normalized spacial score (nSPS) is 17.2. The number of methoxy groups -OCH3 is 2. The molecule has 4 rings (SSSR count). The summed E-state index contributed by atoms with van der Waals surface area (Å²) in [7, 11) is 3.05. The molecule has 6 nitrogen and oxygen atoms in total. The van der Waals surface area contributed by atoms with Gasteiger partial charge >= 0.3 is 0 Å². The first-order valence-corrected chi connectivity index (χ1v) is 11.0. The van der Waals surface area contributed by atoms with Gasteiger partial charge in [-0.15, -0.1) is 0 Å². The second kappa shape index (κ2) is 9.23. The van der Waals surface area contributed by atoms with Crippen LogP contribution in [-0.4, -0.2) is 31.0 Å². The lowest BCUT2D eigenvalue weighted by Crippen LogP contribution is -2.30. The lowest BCUT2D eigenvalue weighted by molar-refractivity contribution is -0.132. The van der Waals surface area contributed by atoms with Gasteiger partial charge in [-0.2, -0.15) is 0 Å². The van der Waals surface area contributed by atoms with Crippen LogP contribution in [0.4, 0.5) is 5.69 Å². The smallest absolute Gasteiger partial charge is 0.300 e. The Morgan fingerprint density at radius 1 is 0.941 bits per heavy atom. The Labute approximate surface area is 203 Å². The molecular formula is C27H24ClNO5. The van der Waals surface area contributed by atoms with Gasteiger partial charge in [-0.3, -0.25) is 14.5 Å². The fraction of sp³-hybridized carbons (Fsp3) is 0.185. The number of rotatable bonds is 5. The molecule has 1 fully saturated rings. The van der Waals surface area contributed by atoms with Crippen molar-refractivity contribution in [2.24, 2.45) is 0 Å². The van der Waals surface area contributed by atoms with E-state index in [9.17, 15) is 14.7 Å². The molecule has 3 aromatic rings. The van der Waals surface area contributed by atoms with Gasteiger partial charge in [-0.1, -0.05) is 35.9 Å². The van der Waals surface area contributed by atoms with Crippen LogP contribution < -0.4 is 14.4 Å². The fourth-order valence-corrected chi connectivity index (χ4v) is 4.34. The van der Waals surface area contributed by atoms with E-state index in [0.29, 0.717) is 22.7 Å². The Hall–Kier alpha value is -3.77. The summed E-state index contributed by atoms with van der Waals surface area (Å²) in [5.41, 5.74) is 3.23. The number of halogens is 1. The third-order valence-corrected chi connectivity index (χ3v) is 6.47. The number of carbonyl (C=O) groups is 2. The van der Waals surface area contributed by atoms with E-state index in [4.69, 9.17) is 21.1 Å². The number of benzene rings is 3. The zero-order valence-electron chi connectivity index (χ0n) is 19.3. The van der Waals surface area contributed by atoms with E-state index in [2.05, 4.69) is 0 Å². The zero-order chi connectivity index (χ0) is 24.6. The van der Waals surface area contributed by atoms with Crippen LogP contribution in [0.5, 0.6) is 11.5 Å². The molecule has 0 radical (unpaired) electrons. The zero-order valence-corrected chi connectivity index (χ0v) is 20.0. The van der Waals surface area contributed by atoms with Crippen molar-refractivity contribution in [1.82, 2.24) is 0 Å². The van der Waals surface area contributed by atoms with Gasteiger partial charge in [0.1, 0.15) is 17.3 Å². The van der Waals surface area contributed by atoms with Crippen molar-refractivity contribution in [3.63, 3.8) is 0 Å². The van der Waals surface area contributed by atoms with Gasteiger partial charge in [0.15, 0.2) is 0 Å². The van der Waals surface area contributed by atoms with Gasteiger partial charge in [-0.25, -0.2) is 0 Å². The minimum atomic E-state index is -0.867. The first-order chi connectivity index (χ1) is 16.3. The largest absolute Gasteiger partial charge is 0.507 e. The van der Waals surface area contributed by atoms with Crippen molar-refractivity contribution in [1.29, 1.82) is 0 Å². The number of amides is 1. The molecule has 3 aromatic carbocycles. The molecule has 0 aromatic heterocycles. The summed E-state index contributed by atoms with van der Waals surface area (Å²) in [5.74, 6) is -0.803. The van der Waals surface area contributed by atoms with Crippen molar-refractivity contribution in [3.05, 3.63) is 93.5 Å². The number of ether oxygens (including phenoxy) is 2. The first kappa shape index (κ1) is 23.4. The molecule has 1 heterocycles. The Kier molecular flexibility index (Phi) is 6.35. The average molecular weight is 478 g/mol. The summed E-state index contributed by atoms with van der Waals surface area (Å²) < 4.78 is 10.5. The molecule has 0 saturated carbocycles. The number of ketones is 1. The van der Waals surface area contributed by atoms with Crippen LogP contribution in [0.3, 0.4) is 0 Å². The van der Waals surface area contributed by atoms with Crippen molar-refractivity contribution >= 4 is 34.7 Å². The molecule has 0 spiro atoms. The molecule has 1 aliphatic rings. The number of anilines is 1. The molecule has 174 valence electrons. The third kappa shape index (κ3) is 3.90. The molecule has 1 unspecified atom stereocenters. The number of aliphatic hydroxyl groups excluding tert-OH is 1. The molecule has 1 saturated heterocycles. The quantitative estimate of drug-likeness (QED) is 0.294. The van der Waals surface area contributed by atoms with E-state index < -0.39 is 17.7 Å². The summed E-state index contributed by atoms with van der Waals surface area (Å²) in [6, 6.07) is 16.5. The SMILES string of the molecule is COc1ccc(C2/C(=C(\O)c3cc(OC)ccc3Cl)C(=O)C(=O)N2c2cccc(C)c2C)cc1. The monoisotopic (exact) mass is 477 g/mol. The molecular weight excluding hydrogens is 454 g/mol. The van der Waals surface area contributed by atoms with Crippen molar-refractivity contribution in [3.8, 4) is 11.5 Å². The van der Waals surface area contributed by atoms with Gasteiger partial charge in [0.2, 0.25) is 0 Å². The minimum absolute atomic E-state index is 0.0498. The molecule has 34 heavy (non-hydrogen) atoms. The van der Waals surface area contributed by atoms with Crippen LogP contribution in [0.15, 0.2) is 66.2 Å². The highest BCUT2D eigenvalue weighted by molar-refractivity contribution is 6.52. The van der Waals surface area contributed by atoms with E-state index in [0.717, 1.165) is 11.1 Å².